The number of hydrazone groups is 1. The fraction of sp³-hybridized carbons (Fsp3) is 0.350. The van der Waals surface area contributed by atoms with Crippen LogP contribution in [0.5, 0.6) is 0 Å². The first kappa shape index (κ1) is 19.4. The third-order valence-electron chi connectivity index (χ3n) is 3.46. The van der Waals surface area contributed by atoms with Crippen LogP contribution in [0.15, 0.2) is 47.7 Å². The topological polar surface area (TPSA) is 78.4 Å². The van der Waals surface area contributed by atoms with Crippen molar-refractivity contribution >= 4 is 23.6 Å². The smallest absolute Gasteiger partial charge is 0.251 e. The molecule has 0 saturated carbocycles. The maximum Gasteiger partial charge on any atom is 0.251 e. The highest BCUT2D eigenvalue weighted by molar-refractivity contribution is 5.95. The quantitative estimate of drug-likeness (QED) is 0.499. The number of hydrogen-bond acceptors (Lipinski definition) is 5. The van der Waals surface area contributed by atoms with Gasteiger partial charge < -0.3 is 10.6 Å². The van der Waals surface area contributed by atoms with Gasteiger partial charge in [0.25, 0.3) is 5.91 Å². The average Bonchev–Trinajstić information content (AvgIpc) is 2.61. The summed E-state index contributed by atoms with van der Waals surface area (Å²) in [6.45, 7) is 9.11. The molecule has 0 saturated heterocycles. The second-order valence-electron chi connectivity index (χ2n) is 6.83. The molecule has 2 aromatic rings. The van der Waals surface area contributed by atoms with Crippen molar-refractivity contribution in [2.45, 2.75) is 33.7 Å². The van der Waals surface area contributed by atoms with Gasteiger partial charge in [0.05, 0.1) is 18.1 Å². The number of amides is 1. The predicted molar refractivity (Wildman–Crippen MR) is 108 cm³/mol. The minimum Gasteiger partial charge on any atom is -0.384 e. The summed E-state index contributed by atoms with van der Waals surface area (Å²) in [5.74, 6) is 1.18. The summed E-state index contributed by atoms with van der Waals surface area (Å²) in [4.78, 5) is 16.2. The van der Waals surface area contributed by atoms with E-state index in [1.165, 1.54) is 0 Å². The van der Waals surface area contributed by atoms with Crippen molar-refractivity contribution in [2.75, 3.05) is 17.3 Å². The number of carbonyl (C=O) groups excluding carboxylic acids is 1. The van der Waals surface area contributed by atoms with E-state index in [1.807, 2.05) is 38.1 Å². The lowest BCUT2D eigenvalue weighted by Crippen LogP contribution is -2.29. The van der Waals surface area contributed by atoms with Crippen molar-refractivity contribution in [1.29, 1.82) is 0 Å². The Morgan fingerprint density at radius 3 is 2.42 bits per heavy atom. The molecule has 1 aromatic carbocycles. The van der Waals surface area contributed by atoms with Crippen LogP contribution in [-0.2, 0) is 0 Å². The average molecular weight is 353 g/mol. The van der Waals surface area contributed by atoms with E-state index in [0.717, 1.165) is 17.8 Å². The summed E-state index contributed by atoms with van der Waals surface area (Å²) in [6.07, 6.45) is 3.47. The highest BCUT2D eigenvalue weighted by Crippen LogP contribution is 2.10. The van der Waals surface area contributed by atoms with E-state index >= 15 is 0 Å². The molecule has 1 amide bonds. The molecule has 0 fully saturated rings. The minimum atomic E-state index is -0.0722. The number of benzene rings is 1. The zero-order valence-corrected chi connectivity index (χ0v) is 15.8. The van der Waals surface area contributed by atoms with Crippen molar-refractivity contribution in [2.24, 2.45) is 11.0 Å². The van der Waals surface area contributed by atoms with Crippen LogP contribution >= 0.6 is 0 Å². The van der Waals surface area contributed by atoms with Gasteiger partial charge in [-0.3, -0.25) is 10.2 Å². The maximum absolute atomic E-state index is 11.9. The molecule has 0 aliphatic carbocycles. The fourth-order valence-corrected chi connectivity index (χ4v) is 2.13. The maximum atomic E-state index is 11.9. The van der Waals surface area contributed by atoms with Crippen LogP contribution in [0.2, 0.25) is 0 Å². The molecular weight excluding hydrogens is 326 g/mol. The lowest BCUT2D eigenvalue weighted by molar-refractivity contribution is 0.0943. The van der Waals surface area contributed by atoms with Gasteiger partial charge in [0.2, 0.25) is 0 Å². The van der Waals surface area contributed by atoms with E-state index in [4.69, 9.17) is 0 Å². The van der Waals surface area contributed by atoms with Gasteiger partial charge in [0, 0.05) is 18.2 Å². The molecule has 1 heterocycles. The van der Waals surface area contributed by atoms with Crippen LogP contribution in [0.4, 0.5) is 11.5 Å². The lowest BCUT2D eigenvalue weighted by Gasteiger charge is -2.08. The first-order chi connectivity index (χ1) is 12.4. The Morgan fingerprint density at radius 2 is 1.85 bits per heavy atom. The van der Waals surface area contributed by atoms with Gasteiger partial charge in [-0.15, -0.1) is 0 Å². The Labute approximate surface area is 155 Å². The van der Waals surface area contributed by atoms with Crippen LogP contribution < -0.4 is 16.1 Å². The van der Waals surface area contributed by atoms with Crippen LogP contribution in [0.3, 0.4) is 0 Å². The number of carbonyl (C=O) groups is 1. The number of nitrogens with zero attached hydrogens (tertiary/aromatic N) is 2. The second kappa shape index (κ2) is 9.56. The van der Waals surface area contributed by atoms with Gasteiger partial charge in [-0.1, -0.05) is 26.0 Å². The van der Waals surface area contributed by atoms with Gasteiger partial charge in [0.1, 0.15) is 5.82 Å². The van der Waals surface area contributed by atoms with Gasteiger partial charge in [-0.05, 0) is 49.6 Å². The number of anilines is 2. The number of nitrogens with one attached hydrogen (secondary N) is 3. The first-order valence-corrected chi connectivity index (χ1v) is 8.84. The third-order valence-corrected chi connectivity index (χ3v) is 3.46. The Kier molecular flexibility index (Phi) is 7.14. The van der Waals surface area contributed by atoms with Gasteiger partial charge in [-0.2, -0.15) is 5.10 Å². The molecule has 2 rings (SSSR count). The SMILES string of the molecule is CC(C)CNc1ccc(N/N=C/c2ccc(C(=O)NC(C)C)cc2)nc1. The third kappa shape index (κ3) is 6.55. The summed E-state index contributed by atoms with van der Waals surface area (Å²) in [6, 6.07) is 11.2. The van der Waals surface area contributed by atoms with Crippen LogP contribution in [-0.4, -0.2) is 29.7 Å². The largest absolute Gasteiger partial charge is 0.384 e. The van der Waals surface area contributed by atoms with Crippen molar-refractivity contribution < 1.29 is 4.79 Å². The Morgan fingerprint density at radius 1 is 1.12 bits per heavy atom. The van der Waals surface area contributed by atoms with E-state index in [1.54, 1.807) is 24.5 Å². The molecule has 0 atom stereocenters. The van der Waals surface area contributed by atoms with Gasteiger partial charge in [0.15, 0.2) is 0 Å². The van der Waals surface area contributed by atoms with Crippen LogP contribution in [0.25, 0.3) is 0 Å². The Hall–Kier alpha value is -2.89. The normalized spacial score (nSPS) is 11.2. The monoisotopic (exact) mass is 353 g/mol. The summed E-state index contributed by atoms with van der Waals surface area (Å²) < 4.78 is 0. The molecule has 0 unspecified atom stereocenters. The first-order valence-electron chi connectivity index (χ1n) is 8.84. The van der Waals surface area contributed by atoms with Gasteiger partial charge in [-0.25, -0.2) is 4.98 Å². The molecule has 6 nitrogen and oxygen atoms in total. The zero-order chi connectivity index (χ0) is 18.9. The molecule has 6 heteroatoms. The molecule has 26 heavy (non-hydrogen) atoms. The van der Waals surface area contributed by atoms with E-state index < -0.39 is 0 Å². The molecular formula is C20H27N5O. The summed E-state index contributed by atoms with van der Waals surface area (Å²) in [5.41, 5.74) is 5.42. The number of pyridine rings is 1. The zero-order valence-electron chi connectivity index (χ0n) is 15.8. The fourth-order valence-electron chi connectivity index (χ4n) is 2.13. The van der Waals surface area contributed by atoms with Crippen molar-refractivity contribution in [1.82, 2.24) is 10.3 Å². The van der Waals surface area contributed by atoms with Crippen LogP contribution in [0, 0.1) is 5.92 Å². The Balaban J connectivity index is 1.87. The minimum absolute atomic E-state index is 0.0722. The summed E-state index contributed by atoms with van der Waals surface area (Å²) in [7, 11) is 0. The van der Waals surface area contributed by atoms with Crippen molar-refractivity contribution in [3.8, 4) is 0 Å². The Bertz CT molecular complexity index is 721. The van der Waals surface area contributed by atoms with Crippen molar-refractivity contribution in [3.63, 3.8) is 0 Å². The lowest BCUT2D eigenvalue weighted by atomic mass is 10.1. The molecule has 0 aliphatic rings. The molecule has 0 spiro atoms. The number of hydrogen-bond donors (Lipinski definition) is 3. The van der Waals surface area contributed by atoms with Gasteiger partial charge >= 0.3 is 0 Å². The van der Waals surface area contributed by atoms with Crippen molar-refractivity contribution in [3.05, 3.63) is 53.7 Å². The number of aromatic nitrogens is 1. The second-order valence-corrected chi connectivity index (χ2v) is 6.83. The van der Waals surface area contributed by atoms with E-state index in [-0.39, 0.29) is 11.9 Å². The standard InChI is InChI=1S/C20H27N5O/c1-14(2)11-21-18-9-10-19(22-13-18)25-23-12-16-5-7-17(8-6-16)20(26)24-15(3)4/h5-10,12-15,21H,11H2,1-4H3,(H,22,25)(H,24,26)/b23-12+. The van der Waals surface area contributed by atoms with E-state index in [0.29, 0.717) is 17.3 Å². The van der Waals surface area contributed by atoms with E-state index in [9.17, 15) is 4.79 Å². The van der Waals surface area contributed by atoms with E-state index in [2.05, 4.69) is 40.0 Å². The highest BCUT2D eigenvalue weighted by Gasteiger charge is 2.05. The summed E-state index contributed by atoms with van der Waals surface area (Å²) in [5, 5.41) is 10.4. The molecule has 0 radical (unpaired) electrons. The number of rotatable bonds is 8. The molecule has 0 aliphatic heterocycles. The van der Waals surface area contributed by atoms with Crippen LogP contribution in [0.1, 0.15) is 43.6 Å². The molecule has 138 valence electrons. The predicted octanol–water partition coefficient (Wildman–Crippen LogP) is 3.73. The molecule has 3 N–H and O–H groups in total. The molecule has 0 bridgehead atoms. The molecule has 1 aromatic heterocycles. The highest BCUT2D eigenvalue weighted by atomic mass is 16.1. The summed E-state index contributed by atoms with van der Waals surface area (Å²) >= 11 is 0.